The van der Waals surface area contributed by atoms with Gasteiger partial charge in [0.25, 0.3) is 0 Å². The Morgan fingerprint density at radius 1 is 1.12 bits per heavy atom. The van der Waals surface area contributed by atoms with Crippen LogP contribution in [0.4, 0.5) is 11.8 Å². The first-order valence-corrected chi connectivity index (χ1v) is 5.69. The Morgan fingerprint density at radius 3 is 2.71 bits per heavy atom. The van der Waals surface area contributed by atoms with Gasteiger partial charge in [0.1, 0.15) is 5.82 Å². The van der Waals surface area contributed by atoms with Crippen LogP contribution in [0.3, 0.4) is 0 Å². The molecule has 2 aromatic rings. The summed E-state index contributed by atoms with van der Waals surface area (Å²) in [5, 5.41) is 1.05. The van der Waals surface area contributed by atoms with Crippen LogP contribution in [0.5, 0.6) is 0 Å². The van der Waals surface area contributed by atoms with Crippen molar-refractivity contribution in [2.75, 3.05) is 36.9 Å². The Morgan fingerprint density at radius 2 is 1.88 bits per heavy atom. The summed E-state index contributed by atoms with van der Waals surface area (Å²) in [5.41, 5.74) is 6.64. The molecule has 0 aliphatic carbocycles. The van der Waals surface area contributed by atoms with Crippen LogP contribution < -0.4 is 10.6 Å². The van der Waals surface area contributed by atoms with E-state index in [-0.39, 0.29) is 0 Å². The molecule has 1 fully saturated rings. The smallest absolute Gasteiger partial charge is 0.222 e. The number of nitrogens with zero attached hydrogens (tertiary/aromatic N) is 3. The van der Waals surface area contributed by atoms with Crippen LogP contribution in [0.25, 0.3) is 10.9 Å². The van der Waals surface area contributed by atoms with Gasteiger partial charge in [0.05, 0.1) is 18.7 Å². The second kappa shape index (κ2) is 4.18. The number of anilines is 2. The lowest BCUT2D eigenvalue weighted by atomic mass is 10.2. The van der Waals surface area contributed by atoms with Crippen LogP contribution in [0, 0.1) is 0 Å². The lowest BCUT2D eigenvalue weighted by Crippen LogP contribution is -2.37. The van der Waals surface area contributed by atoms with Gasteiger partial charge < -0.3 is 15.4 Å². The Balaban J connectivity index is 2.13. The largest absolute Gasteiger partial charge is 0.378 e. The zero-order chi connectivity index (χ0) is 11.7. The highest BCUT2D eigenvalue weighted by molar-refractivity contribution is 5.90. The predicted octanol–water partition coefficient (Wildman–Crippen LogP) is 1.05. The van der Waals surface area contributed by atoms with E-state index in [1.165, 1.54) is 0 Å². The van der Waals surface area contributed by atoms with Crippen molar-refractivity contribution in [3.63, 3.8) is 0 Å². The number of hydrogen-bond acceptors (Lipinski definition) is 5. The highest BCUT2D eigenvalue weighted by Crippen LogP contribution is 2.24. The molecule has 1 aromatic carbocycles. The second-order valence-electron chi connectivity index (χ2n) is 4.02. The Labute approximate surface area is 99.2 Å². The van der Waals surface area contributed by atoms with E-state index in [4.69, 9.17) is 10.5 Å². The van der Waals surface area contributed by atoms with E-state index >= 15 is 0 Å². The summed E-state index contributed by atoms with van der Waals surface area (Å²) in [5.74, 6) is 1.24. The van der Waals surface area contributed by atoms with Crippen LogP contribution in [0.2, 0.25) is 0 Å². The lowest BCUT2D eigenvalue weighted by Gasteiger charge is -2.28. The van der Waals surface area contributed by atoms with Gasteiger partial charge >= 0.3 is 0 Å². The molecular weight excluding hydrogens is 216 g/mol. The molecule has 1 aliphatic heterocycles. The van der Waals surface area contributed by atoms with Crippen molar-refractivity contribution in [3.8, 4) is 0 Å². The van der Waals surface area contributed by atoms with Crippen molar-refractivity contribution < 1.29 is 4.74 Å². The highest BCUT2D eigenvalue weighted by atomic mass is 16.5. The zero-order valence-corrected chi connectivity index (χ0v) is 9.47. The first-order chi connectivity index (χ1) is 8.34. The maximum absolute atomic E-state index is 5.75. The van der Waals surface area contributed by atoms with Gasteiger partial charge in [0, 0.05) is 18.5 Å². The van der Waals surface area contributed by atoms with E-state index in [0.29, 0.717) is 5.95 Å². The molecule has 0 atom stereocenters. The van der Waals surface area contributed by atoms with Gasteiger partial charge in [-0.15, -0.1) is 0 Å². The quantitative estimate of drug-likeness (QED) is 0.793. The number of benzene rings is 1. The average Bonchev–Trinajstić information content (AvgIpc) is 2.39. The molecule has 5 heteroatoms. The number of ether oxygens (including phenoxy) is 1. The molecule has 2 heterocycles. The number of morpholine rings is 1. The topological polar surface area (TPSA) is 64.3 Å². The Kier molecular flexibility index (Phi) is 2.53. The molecule has 3 rings (SSSR count). The number of para-hydroxylation sites is 1. The summed E-state index contributed by atoms with van der Waals surface area (Å²) < 4.78 is 5.35. The van der Waals surface area contributed by atoms with E-state index in [1.807, 2.05) is 24.3 Å². The summed E-state index contributed by atoms with van der Waals surface area (Å²) in [6, 6.07) is 7.93. The molecule has 1 aliphatic rings. The third kappa shape index (κ3) is 1.89. The number of hydrogen-bond donors (Lipinski definition) is 1. The maximum Gasteiger partial charge on any atom is 0.222 e. The van der Waals surface area contributed by atoms with Crippen molar-refractivity contribution in [3.05, 3.63) is 24.3 Å². The molecule has 17 heavy (non-hydrogen) atoms. The third-order valence-corrected chi connectivity index (χ3v) is 2.91. The van der Waals surface area contributed by atoms with Gasteiger partial charge in [-0.2, -0.15) is 4.98 Å². The molecule has 0 spiro atoms. The summed E-state index contributed by atoms with van der Waals surface area (Å²) in [7, 11) is 0. The summed E-state index contributed by atoms with van der Waals surface area (Å²) >= 11 is 0. The minimum atomic E-state index is 0.324. The van der Waals surface area contributed by atoms with Crippen molar-refractivity contribution in [2.45, 2.75) is 0 Å². The number of rotatable bonds is 1. The highest BCUT2D eigenvalue weighted by Gasteiger charge is 2.16. The minimum Gasteiger partial charge on any atom is -0.378 e. The molecule has 0 radical (unpaired) electrons. The normalized spacial score (nSPS) is 16.4. The molecular formula is C12H14N4O. The van der Waals surface area contributed by atoms with Crippen molar-refractivity contribution in [2.24, 2.45) is 0 Å². The summed E-state index contributed by atoms with van der Waals surface area (Å²) in [6.45, 7) is 3.16. The molecule has 5 nitrogen and oxygen atoms in total. The van der Waals surface area contributed by atoms with Gasteiger partial charge in [0.2, 0.25) is 5.95 Å². The lowest BCUT2D eigenvalue weighted by molar-refractivity contribution is 0.122. The molecule has 88 valence electrons. The molecule has 0 bridgehead atoms. The molecule has 1 saturated heterocycles. The summed E-state index contributed by atoms with van der Waals surface area (Å²) in [4.78, 5) is 10.8. The number of fused-ring (bicyclic) bond motifs is 1. The van der Waals surface area contributed by atoms with Gasteiger partial charge in [-0.1, -0.05) is 12.1 Å². The SMILES string of the molecule is Nc1nc(N2CCOCC2)c2ccccc2n1. The average molecular weight is 230 g/mol. The first kappa shape index (κ1) is 10.3. The Bertz CT molecular complexity index is 537. The van der Waals surface area contributed by atoms with E-state index in [9.17, 15) is 0 Å². The number of nitrogens with two attached hydrogens (primary N) is 1. The van der Waals surface area contributed by atoms with Crippen LogP contribution in [0.15, 0.2) is 24.3 Å². The van der Waals surface area contributed by atoms with E-state index in [2.05, 4.69) is 14.9 Å². The van der Waals surface area contributed by atoms with E-state index in [1.54, 1.807) is 0 Å². The maximum atomic E-state index is 5.75. The zero-order valence-electron chi connectivity index (χ0n) is 9.47. The number of nitrogen functional groups attached to an aromatic ring is 1. The van der Waals surface area contributed by atoms with Gasteiger partial charge in [-0.25, -0.2) is 4.98 Å². The van der Waals surface area contributed by atoms with Crippen LogP contribution in [-0.2, 0) is 4.74 Å². The van der Waals surface area contributed by atoms with Crippen molar-refractivity contribution >= 4 is 22.7 Å². The monoisotopic (exact) mass is 230 g/mol. The van der Waals surface area contributed by atoms with Crippen LogP contribution >= 0.6 is 0 Å². The van der Waals surface area contributed by atoms with E-state index < -0.39 is 0 Å². The molecule has 0 saturated carbocycles. The minimum absolute atomic E-state index is 0.324. The fraction of sp³-hybridized carbons (Fsp3) is 0.333. The van der Waals surface area contributed by atoms with Gasteiger partial charge in [0.15, 0.2) is 0 Å². The first-order valence-electron chi connectivity index (χ1n) is 5.69. The fourth-order valence-corrected chi connectivity index (χ4v) is 2.09. The van der Waals surface area contributed by atoms with Crippen molar-refractivity contribution in [1.29, 1.82) is 0 Å². The van der Waals surface area contributed by atoms with Crippen LogP contribution in [-0.4, -0.2) is 36.3 Å². The molecule has 0 amide bonds. The second-order valence-corrected chi connectivity index (χ2v) is 4.02. The molecule has 2 N–H and O–H groups in total. The standard InChI is InChI=1S/C12H14N4O/c13-12-14-10-4-2-1-3-9(10)11(15-12)16-5-7-17-8-6-16/h1-4H,5-8H2,(H2,13,14,15). The fourth-order valence-electron chi connectivity index (χ4n) is 2.09. The van der Waals surface area contributed by atoms with Gasteiger partial charge in [-0.05, 0) is 12.1 Å². The van der Waals surface area contributed by atoms with Crippen molar-refractivity contribution in [1.82, 2.24) is 9.97 Å². The predicted molar refractivity (Wildman–Crippen MR) is 67.0 cm³/mol. The summed E-state index contributed by atoms with van der Waals surface area (Å²) in [6.07, 6.45) is 0. The molecule has 1 aromatic heterocycles. The van der Waals surface area contributed by atoms with Crippen LogP contribution in [0.1, 0.15) is 0 Å². The Hall–Kier alpha value is -1.88. The van der Waals surface area contributed by atoms with Gasteiger partial charge in [-0.3, -0.25) is 0 Å². The van der Waals surface area contributed by atoms with E-state index in [0.717, 1.165) is 43.0 Å². The number of aromatic nitrogens is 2. The molecule has 0 unspecified atom stereocenters. The third-order valence-electron chi connectivity index (χ3n) is 2.91.